The third kappa shape index (κ3) is 6.91. The van der Waals surface area contributed by atoms with Crippen molar-refractivity contribution < 1.29 is 9.59 Å². The van der Waals surface area contributed by atoms with Crippen LogP contribution in [0.4, 0.5) is 0 Å². The first-order valence-corrected chi connectivity index (χ1v) is 14.2. The van der Waals surface area contributed by atoms with Crippen LogP contribution in [0.1, 0.15) is 38.3 Å². The Morgan fingerprint density at radius 2 is 1.61 bits per heavy atom. The Morgan fingerprint density at radius 1 is 0.917 bits per heavy atom. The van der Waals surface area contributed by atoms with Gasteiger partial charge in [0.25, 0.3) is 0 Å². The number of thioether (sulfide) groups is 1. The smallest absolute Gasteiger partial charge is 0.225 e. The highest BCUT2D eigenvalue weighted by Gasteiger charge is 2.35. The highest BCUT2D eigenvalue weighted by atomic mass is 32.2. The van der Waals surface area contributed by atoms with Gasteiger partial charge < -0.3 is 10.6 Å². The zero-order valence-corrected chi connectivity index (χ0v) is 22.4. The summed E-state index contributed by atoms with van der Waals surface area (Å²) in [4.78, 5) is 26.5. The Kier molecular flexibility index (Phi) is 9.08. The number of hydrogen-bond acceptors (Lipinski definition) is 3. The molecule has 4 nitrogen and oxygen atoms in total. The molecule has 3 aromatic carbocycles. The Morgan fingerprint density at radius 3 is 2.31 bits per heavy atom. The van der Waals surface area contributed by atoms with E-state index in [2.05, 4.69) is 73.9 Å². The van der Waals surface area contributed by atoms with Gasteiger partial charge in [-0.2, -0.15) is 11.8 Å². The summed E-state index contributed by atoms with van der Waals surface area (Å²) in [5.41, 5.74) is 2.43. The van der Waals surface area contributed by atoms with Crippen molar-refractivity contribution in [2.45, 2.75) is 51.3 Å². The number of fused-ring (bicyclic) bond motifs is 1. The fraction of sp³-hybridized carbons (Fsp3) is 0.419. The van der Waals surface area contributed by atoms with Crippen LogP contribution in [-0.4, -0.2) is 35.4 Å². The maximum atomic E-state index is 13.3. The van der Waals surface area contributed by atoms with Gasteiger partial charge in [0.2, 0.25) is 11.8 Å². The average molecular weight is 503 g/mol. The first-order valence-electron chi connectivity index (χ1n) is 13.2. The van der Waals surface area contributed by atoms with Gasteiger partial charge >= 0.3 is 0 Å². The third-order valence-electron chi connectivity index (χ3n) is 7.28. The van der Waals surface area contributed by atoms with E-state index in [1.54, 1.807) is 0 Å². The quantitative estimate of drug-likeness (QED) is 0.315. The van der Waals surface area contributed by atoms with Crippen LogP contribution in [0.25, 0.3) is 10.8 Å². The standard InChI is InChI=1S/C31H38N2O2S/c1-4-23(18-25-15-10-14-24-13-8-9-16-26(24)25)30(34)32-19-27(21(2)3)31(35)33-28(29-20-36-29)17-22-11-6-5-7-12-22/h5-16,21,23,27-29H,4,17-20H2,1-3H3,(H,32,34)(H,33,35)/t23-,27-,28-,29?/m0/s1. The molecule has 0 spiro atoms. The molecule has 4 atom stereocenters. The number of amides is 2. The van der Waals surface area contributed by atoms with Crippen LogP contribution in [0.5, 0.6) is 0 Å². The molecule has 0 saturated carbocycles. The van der Waals surface area contributed by atoms with Crippen molar-refractivity contribution in [3.05, 3.63) is 83.9 Å². The van der Waals surface area contributed by atoms with Crippen molar-refractivity contribution in [2.24, 2.45) is 17.8 Å². The lowest BCUT2D eigenvalue weighted by molar-refractivity contribution is -0.128. The van der Waals surface area contributed by atoms with E-state index in [1.807, 2.05) is 42.1 Å². The average Bonchev–Trinajstić information content (AvgIpc) is 3.73. The lowest BCUT2D eigenvalue weighted by Crippen LogP contribution is -2.48. The second-order valence-electron chi connectivity index (χ2n) is 10.2. The predicted molar refractivity (Wildman–Crippen MR) is 151 cm³/mol. The van der Waals surface area contributed by atoms with E-state index in [9.17, 15) is 9.59 Å². The summed E-state index contributed by atoms with van der Waals surface area (Å²) in [5, 5.41) is 9.32. The molecule has 0 radical (unpaired) electrons. The molecular weight excluding hydrogens is 464 g/mol. The van der Waals surface area contributed by atoms with Crippen LogP contribution >= 0.6 is 11.8 Å². The van der Waals surface area contributed by atoms with Gasteiger partial charge in [-0.1, -0.05) is 93.6 Å². The summed E-state index contributed by atoms with van der Waals surface area (Å²) in [6, 6.07) is 25.1. The van der Waals surface area contributed by atoms with Crippen LogP contribution in [0.3, 0.4) is 0 Å². The van der Waals surface area contributed by atoms with E-state index >= 15 is 0 Å². The Balaban J connectivity index is 1.37. The van der Waals surface area contributed by atoms with Gasteiger partial charge in [-0.15, -0.1) is 0 Å². The molecule has 1 saturated heterocycles. The number of carbonyl (C=O) groups excluding carboxylic acids is 2. The molecule has 4 rings (SSSR count). The van der Waals surface area contributed by atoms with Gasteiger partial charge in [0.15, 0.2) is 0 Å². The molecule has 5 heteroatoms. The minimum Gasteiger partial charge on any atom is -0.355 e. The first-order chi connectivity index (χ1) is 17.5. The summed E-state index contributed by atoms with van der Waals surface area (Å²) in [5.74, 6) is 0.912. The number of hydrogen-bond donors (Lipinski definition) is 2. The summed E-state index contributed by atoms with van der Waals surface area (Å²) in [6.07, 6.45) is 2.29. The van der Waals surface area contributed by atoms with Crippen LogP contribution in [0.15, 0.2) is 72.8 Å². The van der Waals surface area contributed by atoms with Crippen molar-refractivity contribution in [3.8, 4) is 0 Å². The molecule has 1 unspecified atom stereocenters. The van der Waals surface area contributed by atoms with Crippen molar-refractivity contribution in [3.63, 3.8) is 0 Å². The molecule has 1 heterocycles. The van der Waals surface area contributed by atoms with Gasteiger partial charge in [-0.05, 0) is 47.1 Å². The number of nitrogens with one attached hydrogen (secondary N) is 2. The number of carbonyl (C=O) groups is 2. The van der Waals surface area contributed by atoms with E-state index < -0.39 is 0 Å². The van der Waals surface area contributed by atoms with Crippen molar-refractivity contribution >= 4 is 34.3 Å². The minimum absolute atomic E-state index is 0.0301. The molecule has 1 aliphatic rings. The van der Waals surface area contributed by atoms with Gasteiger partial charge in [-0.25, -0.2) is 0 Å². The fourth-order valence-corrected chi connectivity index (χ4v) is 5.61. The van der Waals surface area contributed by atoms with E-state index in [4.69, 9.17) is 0 Å². The van der Waals surface area contributed by atoms with Crippen molar-refractivity contribution in [2.75, 3.05) is 12.3 Å². The highest BCUT2D eigenvalue weighted by Crippen LogP contribution is 2.34. The second-order valence-corrected chi connectivity index (χ2v) is 11.5. The molecule has 0 aromatic heterocycles. The zero-order valence-electron chi connectivity index (χ0n) is 21.6. The van der Waals surface area contributed by atoms with Crippen LogP contribution < -0.4 is 10.6 Å². The van der Waals surface area contributed by atoms with E-state index in [1.165, 1.54) is 21.9 Å². The number of benzene rings is 3. The van der Waals surface area contributed by atoms with Gasteiger partial charge in [-0.3, -0.25) is 9.59 Å². The summed E-state index contributed by atoms with van der Waals surface area (Å²) < 4.78 is 0. The van der Waals surface area contributed by atoms with Gasteiger partial charge in [0.1, 0.15) is 0 Å². The van der Waals surface area contributed by atoms with Crippen molar-refractivity contribution in [1.82, 2.24) is 10.6 Å². The van der Waals surface area contributed by atoms with E-state index in [-0.39, 0.29) is 35.6 Å². The van der Waals surface area contributed by atoms with Gasteiger partial charge in [0.05, 0.1) is 5.92 Å². The maximum absolute atomic E-state index is 13.3. The monoisotopic (exact) mass is 502 g/mol. The second kappa shape index (κ2) is 12.4. The lowest BCUT2D eigenvalue weighted by atomic mass is 9.91. The van der Waals surface area contributed by atoms with Gasteiger partial charge in [0, 0.05) is 29.5 Å². The maximum Gasteiger partial charge on any atom is 0.225 e. The molecule has 0 bridgehead atoms. The molecule has 0 aliphatic carbocycles. The molecule has 1 fully saturated rings. The van der Waals surface area contributed by atoms with E-state index in [0.29, 0.717) is 18.2 Å². The molecule has 2 N–H and O–H groups in total. The number of rotatable bonds is 12. The van der Waals surface area contributed by atoms with Crippen molar-refractivity contribution in [1.29, 1.82) is 0 Å². The van der Waals surface area contributed by atoms with Crippen LogP contribution in [0, 0.1) is 17.8 Å². The summed E-state index contributed by atoms with van der Waals surface area (Å²) in [7, 11) is 0. The molecule has 36 heavy (non-hydrogen) atoms. The lowest BCUT2D eigenvalue weighted by Gasteiger charge is -2.26. The summed E-state index contributed by atoms with van der Waals surface area (Å²) >= 11 is 1.90. The summed E-state index contributed by atoms with van der Waals surface area (Å²) in [6.45, 7) is 6.54. The molecule has 1 aliphatic heterocycles. The largest absolute Gasteiger partial charge is 0.355 e. The minimum atomic E-state index is -0.258. The fourth-order valence-electron chi connectivity index (χ4n) is 4.87. The Hall–Kier alpha value is -2.79. The first kappa shape index (κ1) is 26.3. The molecule has 190 valence electrons. The SMILES string of the molecule is CC[C@@H](Cc1cccc2ccccc12)C(=O)NC[C@H](C(=O)N[C@@H](Cc1ccccc1)C1CS1)C(C)C. The van der Waals surface area contributed by atoms with Crippen LogP contribution in [0.2, 0.25) is 0 Å². The molecule has 3 aromatic rings. The Labute approximate surface area is 219 Å². The highest BCUT2D eigenvalue weighted by molar-refractivity contribution is 8.07. The zero-order chi connectivity index (χ0) is 25.5. The topological polar surface area (TPSA) is 58.2 Å². The normalized spacial score (nSPS) is 17.4. The van der Waals surface area contributed by atoms with Crippen LogP contribution in [-0.2, 0) is 22.4 Å². The third-order valence-corrected chi connectivity index (χ3v) is 8.33. The molecular formula is C31H38N2O2S. The predicted octanol–water partition coefficient (Wildman–Crippen LogP) is 5.64. The van der Waals surface area contributed by atoms with E-state index in [0.717, 1.165) is 18.6 Å². The Bertz CT molecular complexity index is 1150. The molecule has 2 amide bonds.